The number of nitrogens with one attached hydrogen (secondary N) is 3. The fraction of sp³-hybridized carbons (Fsp3) is 0.571. The van der Waals surface area contributed by atoms with Crippen LogP contribution in [-0.2, 0) is 0 Å². The topological polar surface area (TPSA) is 134 Å². The van der Waals surface area contributed by atoms with Crippen molar-refractivity contribution in [3.63, 3.8) is 0 Å². The van der Waals surface area contributed by atoms with Gasteiger partial charge in [-0.25, -0.2) is 0 Å². The maximum absolute atomic E-state index is 11.9. The molecule has 0 bridgehead atoms. The standard InChI is InChI=1S/C14H21N9O2/c1-8-16-12(15-6-7-23(2)3)19-13(17-8)20-14-22-21-11(25-14)10(24)18-9-4-5-9/h9H,4-7H2,1-3H3,(H,18,24)(H2,15,16,17,19,20,22). The summed E-state index contributed by atoms with van der Waals surface area (Å²) in [4.78, 5) is 26.5. The summed E-state index contributed by atoms with van der Waals surface area (Å²) in [5.74, 6) is 0.780. The van der Waals surface area contributed by atoms with Crippen molar-refractivity contribution < 1.29 is 9.21 Å². The minimum atomic E-state index is -0.374. The van der Waals surface area contributed by atoms with Gasteiger partial charge < -0.3 is 20.0 Å². The quantitative estimate of drug-likeness (QED) is 0.606. The molecular weight excluding hydrogens is 326 g/mol. The molecule has 1 aliphatic rings. The molecule has 0 radical (unpaired) electrons. The van der Waals surface area contributed by atoms with E-state index in [1.165, 1.54) is 0 Å². The Morgan fingerprint density at radius 2 is 1.96 bits per heavy atom. The molecule has 0 aliphatic heterocycles. The lowest BCUT2D eigenvalue weighted by Gasteiger charge is -2.11. The summed E-state index contributed by atoms with van der Waals surface area (Å²) in [7, 11) is 3.97. The number of aromatic nitrogens is 5. The highest BCUT2D eigenvalue weighted by atomic mass is 16.4. The molecule has 2 heterocycles. The molecule has 25 heavy (non-hydrogen) atoms. The van der Waals surface area contributed by atoms with E-state index < -0.39 is 0 Å². The molecule has 0 atom stereocenters. The minimum Gasteiger partial charge on any atom is -0.399 e. The summed E-state index contributed by atoms with van der Waals surface area (Å²) >= 11 is 0. The number of likely N-dealkylation sites (N-methyl/N-ethyl adjacent to an activating group) is 1. The molecule has 1 saturated carbocycles. The Labute approximate surface area is 144 Å². The van der Waals surface area contributed by atoms with Crippen molar-refractivity contribution in [2.24, 2.45) is 0 Å². The Morgan fingerprint density at radius 1 is 1.20 bits per heavy atom. The summed E-state index contributed by atoms with van der Waals surface area (Å²) in [5, 5.41) is 16.2. The second-order valence-electron chi connectivity index (χ2n) is 6.04. The van der Waals surface area contributed by atoms with Crippen LogP contribution in [0.5, 0.6) is 0 Å². The van der Waals surface area contributed by atoms with Crippen molar-refractivity contribution in [3.8, 4) is 0 Å². The van der Waals surface area contributed by atoms with Crippen LogP contribution in [0.1, 0.15) is 29.4 Å². The molecule has 1 amide bonds. The fourth-order valence-electron chi connectivity index (χ4n) is 1.94. The van der Waals surface area contributed by atoms with E-state index in [0.717, 1.165) is 19.4 Å². The number of anilines is 3. The first kappa shape index (κ1) is 17.0. The first-order chi connectivity index (χ1) is 12.0. The monoisotopic (exact) mass is 347 g/mol. The van der Waals surface area contributed by atoms with Gasteiger partial charge >= 0.3 is 17.8 Å². The van der Waals surface area contributed by atoms with E-state index in [9.17, 15) is 4.79 Å². The highest BCUT2D eigenvalue weighted by Gasteiger charge is 2.26. The van der Waals surface area contributed by atoms with Gasteiger partial charge in [0.1, 0.15) is 5.82 Å². The number of hydrogen-bond acceptors (Lipinski definition) is 10. The van der Waals surface area contributed by atoms with Crippen molar-refractivity contribution in [3.05, 3.63) is 11.7 Å². The van der Waals surface area contributed by atoms with Crippen molar-refractivity contribution in [1.29, 1.82) is 0 Å². The van der Waals surface area contributed by atoms with Crippen LogP contribution in [0.25, 0.3) is 0 Å². The number of carbonyl (C=O) groups excluding carboxylic acids is 1. The molecule has 0 unspecified atom stereocenters. The lowest BCUT2D eigenvalue weighted by Crippen LogP contribution is -2.25. The molecular formula is C14H21N9O2. The van der Waals surface area contributed by atoms with E-state index in [1.807, 2.05) is 19.0 Å². The fourth-order valence-corrected chi connectivity index (χ4v) is 1.94. The first-order valence-electron chi connectivity index (χ1n) is 8.02. The number of hydrogen-bond donors (Lipinski definition) is 3. The molecule has 1 fully saturated rings. The van der Waals surface area contributed by atoms with E-state index >= 15 is 0 Å². The zero-order chi connectivity index (χ0) is 17.8. The third-order valence-corrected chi connectivity index (χ3v) is 3.34. The molecule has 3 N–H and O–H groups in total. The van der Waals surface area contributed by atoms with Gasteiger partial charge in [-0.3, -0.25) is 10.1 Å². The number of nitrogens with zero attached hydrogens (tertiary/aromatic N) is 6. The first-order valence-corrected chi connectivity index (χ1v) is 8.02. The maximum atomic E-state index is 11.9. The van der Waals surface area contributed by atoms with Gasteiger partial charge in [0.15, 0.2) is 0 Å². The molecule has 134 valence electrons. The summed E-state index contributed by atoms with van der Waals surface area (Å²) in [5.41, 5.74) is 0. The normalized spacial score (nSPS) is 13.8. The Hall–Kier alpha value is -2.82. The average molecular weight is 347 g/mol. The summed E-state index contributed by atoms with van der Waals surface area (Å²) < 4.78 is 5.30. The molecule has 2 aromatic heterocycles. The van der Waals surface area contributed by atoms with Crippen LogP contribution in [0.3, 0.4) is 0 Å². The van der Waals surface area contributed by atoms with Gasteiger partial charge in [-0.05, 0) is 33.9 Å². The molecule has 3 rings (SSSR count). The maximum Gasteiger partial charge on any atom is 0.322 e. The van der Waals surface area contributed by atoms with Gasteiger partial charge in [0, 0.05) is 19.1 Å². The molecule has 1 aliphatic carbocycles. The third-order valence-electron chi connectivity index (χ3n) is 3.34. The number of amides is 1. The van der Waals surface area contributed by atoms with Gasteiger partial charge in [-0.2, -0.15) is 15.0 Å². The predicted molar refractivity (Wildman–Crippen MR) is 89.7 cm³/mol. The van der Waals surface area contributed by atoms with Crippen LogP contribution >= 0.6 is 0 Å². The second kappa shape index (κ2) is 7.38. The van der Waals surface area contributed by atoms with Crippen molar-refractivity contribution in [2.75, 3.05) is 37.8 Å². The lowest BCUT2D eigenvalue weighted by molar-refractivity contribution is 0.0917. The smallest absolute Gasteiger partial charge is 0.322 e. The Bertz CT molecular complexity index is 742. The van der Waals surface area contributed by atoms with E-state index in [0.29, 0.717) is 18.3 Å². The van der Waals surface area contributed by atoms with Crippen molar-refractivity contribution in [1.82, 2.24) is 35.4 Å². The van der Waals surface area contributed by atoms with E-state index in [2.05, 4.69) is 41.1 Å². The molecule has 0 aromatic carbocycles. The molecule has 2 aromatic rings. The highest BCUT2D eigenvalue weighted by molar-refractivity contribution is 5.90. The second-order valence-corrected chi connectivity index (χ2v) is 6.04. The highest BCUT2D eigenvalue weighted by Crippen LogP contribution is 2.19. The van der Waals surface area contributed by atoms with Gasteiger partial charge in [0.25, 0.3) is 0 Å². The number of aryl methyl sites for hydroxylation is 1. The summed E-state index contributed by atoms with van der Waals surface area (Å²) in [6.45, 7) is 3.30. The van der Waals surface area contributed by atoms with Gasteiger partial charge in [-0.1, -0.05) is 5.10 Å². The van der Waals surface area contributed by atoms with Crippen LogP contribution in [0, 0.1) is 6.92 Å². The molecule has 0 spiro atoms. The summed E-state index contributed by atoms with van der Waals surface area (Å²) in [6.07, 6.45) is 1.97. The van der Waals surface area contributed by atoms with Gasteiger partial charge in [-0.15, -0.1) is 5.10 Å². The molecule has 11 nitrogen and oxygen atoms in total. The molecule has 0 saturated heterocycles. The number of carbonyl (C=O) groups is 1. The minimum absolute atomic E-state index is 0.0470. The van der Waals surface area contributed by atoms with Crippen molar-refractivity contribution in [2.45, 2.75) is 25.8 Å². The predicted octanol–water partition coefficient (Wildman–Crippen LogP) is 0.172. The molecule has 11 heteroatoms. The zero-order valence-corrected chi connectivity index (χ0v) is 14.4. The Kier molecular flexibility index (Phi) is 5.03. The zero-order valence-electron chi connectivity index (χ0n) is 14.4. The Balaban J connectivity index is 1.62. The third kappa shape index (κ3) is 5.08. The number of rotatable bonds is 8. The van der Waals surface area contributed by atoms with Crippen LogP contribution < -0.4 is 16.0 Å². The van der Waals surface area contributed by atoms with E-state index in [-0.39, 0.29) is 29.8 Å². The van der Waals surface area contributed by atoms with Gasteiger partial charge in [0.05, 0.1) is 0 Å². The van der Waals surface area contributed by atoms with Crippen LogP contribution in [0.15, 0.2) is 4.42 Å². The van der Waals surface area contributed by atoms with Crippen molar-refractivity contribution >= 4 is 23.8 Å². The Morgan fingerprint density at radius 3 is 2.68 bits per heavy atom. The average Bonchev–Trinajstić information content (AvgIpc) is 3.22. The van der Waals surface area contributed by atoms with Crippen LogP contribution in [0.4, 0.5) is 17.9 Å². The van der Waals surface area contributed by atoms with Crippen LogP contribution in [0.2, 0.25) is 0 Å². The van der Waals surface area contributed by atoms with Crippen LogP contribution in [-0.4, -0.2) is 69.2 Å². The van der Waals surface area contributed by atoms with E-state index in [1.54, 1.807) is 6.92 Å². The SMILES string of the molecule is Cc1nc(NCCN(C)C)nc(Nc2nnc(C(=O)NC3CC3)o2)n1. The van der Waals surface area contributed by atoms with E-state index in [4.69, 9.17) is 4.42 Å². The van der Waals surface area contributed by atoms with Gasteiger partial charge in [0.2, 0.25) is 11.9 Å². The summed E-state index contributed by atoms with van der Waals surface area (Å²) in [6, 6.07) is 0.267. The lowest BCUT2D eigenvalue weighted by atomic mass is 10.5. The largest absolute Gasteiger partial charge is 0.399 e.